The molecule has 11 nitrogen and oxygen atoms in total. The van der Waals surface area contributed by atoms with Gasteiger partial charge in [0, 0.05) is 58.2 Å². The van der Waals surface area contributed by atoms with E-state index in [-0.39, 0.29) is 26.2 Å². The van der Waals surface area contributed by atoms with Crippen molar-refractivity contribution < 1.29 is 34.8 Å². The second-order valence-electron chi connectivity index (χ2n) is 6.26. The van der Waals surface area contributed by atoms with Crippen LogP contribution in [0, 0.1) is 0 Å². The third-order valence-corrected chi connectivity index (χ3v) is 4.07. The van der Waals surface area contributed by atoms with E-state index in [9.17, 15) is 19.5 Å². The highest BCUT2D eigenvalue weighted by Crippen LogP contribution is 2.02. The van der Waals surface area contributed by atoms with E-state index >= 15 is 0 Å². The second kappa shape index (κ2) is 12.1. The standard InChI is InChI=1S/C16H28N4O7/c21-10-9-17-1-3-18(11-14(22)23)5-7-20(13-16(26)27)8-6-19(4-2-17)12-15(24)25/h1,3,21H,2,4-13H2,(H,22,23)(H,24,25)(H,26,27)/b3-1-. The van der Waals surface area contributed by atoms with Crippen molar-refractivity contribution >= 4 is 17.9 Å². The number of carboxylic acid groups (broad SMARTS) is 3. The molecular weight excluding hydrogens is 360 g/mol. The fourth-order valence-corrected chi connectivity index (χ4v) is 2.70. The van der Waals surface area contributed by atoms with Crippen molar-refractivity contribution in [2.45, 2.75) is 0 Å². The van der Waals surface area contributed by atoms with Gasteiger partial charge in [0.05, 0.1) is 19.7 Å². The minimum atomic E-state index is -1.00. The highest BCUT2D eigenvalue weighted by atomic mass is 16.4. The summed E-state index contributed by atoms with van der Waals surface area (Å²) in [6, 6.07) is 0. The summed E-state index contributed by atoms with van der Waals surface area (Å²) in [7, 11) is 0. The Balaban J connectivity index is 2.94. The molecule has 0 aromatic heterocycles. The summed E-state index contributed by atoms with van der Waals surface area (Å²) in [5, 5.41) is 36.4. The van der Waals surface area contributed by atoms with E-state index in [1.807, 2.05) is 0 Å². The lowest BCUT2D eigenvalue weighted by Gasteiger charge is -2.31. The van der Waals surface area contributed by atoms with Crippen molar-refractivity contribution in [2.75, 3.05) is 72.1 Å². The lowest BCUT2D eigenvalue weighted by atomic mass is 10.3. The van der Waals surface area contributed by atoms with Gasteiger partial charge in [-0.15, -0.1) is 0 Å². The molecule has 0 radical (unpaired) electrons. The van der Waals surface area contributed by atoms with E-state index < -0.39 is 17.9 Å². The van der Waals surface area contributed by atoms with E-state index in [0.29, 0.717) is 45.8 Å². The van der Waals surface area contributed by atoms with Crippen molar-refractivity contribution in [1.29, 1.82) is 0 Å². The number of aliphatic carboxylic acids is 3. The first-order chi connectivity index (χ1) is 12.8. The topological polar surface area (TPSA) is 145 Å². The summed E-state index contributed by atoms with van der Waals surface area (Å²) in [5.74, 6) is -2.97. The minimum absolute atomic E-state index is 0.0887. The zero-order valence-corrected chi connectivity index (χ0v) is 15.2. The molecular formula is C16H28N4O7. The lowest BCUT2D eigenvalue weighted by molar-refractivity contribution is -0.140. The van der Waals surface area contributed by atoms with E-state index in [2.05, 4.69) is 0 Å². The number of nitrogens with zero attached hydrogens (tertiary/aromatic N) is 4. The van der Waals surface area contributed by atoms with Gasteiger partial charge in [0.2, 0.25) is 0 Å². The highest BCUT2D eigenvalue weighted by molar-refractivity contribution is 5.70. The van der Waals surface area contributed by atoms with Gasteiger partial charge in [0.25, 0.3) is 0 Å². The van der Waals surface area contributed by atoms with Crippen molar-refractivity contribution in [1.82, 2.24) is 19.6 Å². The number of rotatable bonds is 8. The van der Waals surface area contributed by atoms with Gasteiger partial charge in [-0.3, -0.25) is 24.2 Å². The zero-order valence-electron chi connectivity index (χ0n) is 15.2. The summed E-state index contributed by atoms with van der Waals surface area (Å²) >= 11 is 0. The molecule has 4 N–H and O–H groups in total. The van der Waals surface area contributed by atoms with Gasteiger partial charge in [0.15, 0.2) is 0 Å². The molecule has 0 amide bonds. The Bertz CT molecular complexity index is 529. The smallest absolute Gasteiger partial charge is 0.323 e. The SMILES string of the molecule is O=C(O)CN1/C=C\N(CCO)CCN(CC(=O)O)CCN(CC(=O)O)CC1. The van der Waals surface area contributed by atoms with Gasteiger partial charge >= 0.3 is 17.9 Å². The van der Waals surface area contributed by atoms with Gasteiger partial charge in [-0.25, -0.2) is 0 Å². The third-order valence-electron chi connectivity index (χ3n) is 4.07. The van der Waals surface area contributed by atoms with Crippen LogP contribution in [0.4, 0.5) is 0 Å². The molecule has 0 unspecified atom stereocenters. The first-order valence-corrected chi connectivity index (χ1v) is 8.67. The number of hydrogen-bond donors (Lipinski definition) is 4. The van der Waals surface area contributed by atoms with E-state index in [1.165, 1.54) is 0 Å². The van der Waals surface area contributed by atoms with Crippen LogP contribution < -0.4 is 0 Å². The first kappa shape index (κ1) is 22.7. The normalized spacial score (nSPS) is 19.1. The van der Waals surface area contributed by atoms with Crippen LogP contribution in [-0.4, -0.2) is 130 Å². The average Bonchev–Trinajstić information content (AvgIpc) is 2.56. The Morgan fingerprint density at radius 3 is 1.52 bits per heavy atom. The molecule has 0 bridgehead atoms. The number of aliphatic hydroxyl groups is 1. The zero-order chi connectivity index (χ0) is 20.2. The summed E-state index contributed by atoms with van der Waals surface area (Å²) in [6.07, 6.45) is 3.27. The summed E-state index contributed by atoms with van der Waals surface area (Å²) in [4.78, 5) is 39.9. The lowest BCUT2D eigenvalue weighted by Crippen LogP contribution is -2.45. The minimum Gasteiger partial charge on any atom is -0.480 e. The molecule has 11 heteroatoms. The van der Waals surface area contributed by atoms with Crippen molar-refractivity contribution in [3.63, 3.8) is 0 Å². The van der Waals surface area contributed by atoms with Crippen molar-refractivity contribution in [3.05, 3.63) is 12.4 Å². The Labute approximate surface area is 157 Å². The monoisotopic (exact) mass is 388 g/mol. The first-order valence-electron chi connectivity index (χ1n) is 8.67. The van der Waals surface area contributed by atoms with Crippen molar-refractivity contribution in [2.24, 2.45) is 0 Å². The molecule has 0 spiro atoms. The molecule has 1 heterocycles. The molecule has 0 aliphatic carbocycles. The van der Waals surface area contributed by atoms with Gasteiger partial charge in [0.1, 0.15) is 6.54 Å². The molecule has 0 aromatic carbocycles. The number of aliphatic hydroxyl groups excluding tert-OH is 1. The van der Waals surface area contributed by atoms with Gasteiger partial charge in [-0.05, 0) is 0 Å². The van der Waals surface area contributed by atoms with Gasteiger partial charge < -0.3 is 30.2 Å². The number of hydrogen-bond acceptors (Lipinski definition) is 8. The van der Waals surface area contributed by atoms with Crippen molar-refractivity contribution in [3.8, 4) is 0 Å². The van der Waals surface area contributed by atoms with Gasteiger partial charge in [-0.1, -0.05) is 0 Å². The fourth-order valence-electron chi connectivity index (χ4n) is 2.70. The second-order valence-corrected chi connectivity index (χ2v) is 6.26. The molecule has 1 rings (SSSR count). The summed E-state index contributed by atoms with van der Waals surface area (Å²) < 4.78 is 0. The molecule has 0 saturated carbocycles. The van der Waals surface area contributed by atoms with Crippen LogP contribution in [0.1, 0.15) is 0 Å². The summed E-state index contributed by atoms with van der Waals surface area (Å²) in [5.41, 5.74) is 0. The van der Waals surface area contributed by atoms with Crippen LogP contribution in [-0.2, 0) is 14.4 Å². The van der Waals surface area contributed by atoms with Crippen LogP contribution in [0.2, 0.25) is 0 Å². The van der Waals surface area contributed by atoms with Crippen LogP contribution in [0.15, 0.2) is 12.4 Å². The molecule has 0 fully saturated rings. The Morgan fingerprint density at radius 2 is 1.07 bits per heavy atom. The highest BCUT2D eigenvalue weighted by Gasteiger charge is 2.17. The van der Waals surface area contributed by atoms with Gasteiger partial charge in [-0.2, -0.15) is 0 Å². The van der Waals surface area contributed by atoms with Crippen LogP contribution in [0.5, 0.6) is 0 Å². The molecule has 1 aliphatic heterocycles. The Morgan fingerprint density at radius 1 is 0.667 bits per heavy atom. The predicted molar refractivity (Wildman–Crippen MR) is 95.2 cm³/mol. The van der Waals surface area contributed by atoms with E-state index in [4.69, 9.17) is 15.3 Å². The molecule has 0 atom stereocenters. The van der Waals surface area contributed by atoms with Crippen LogP contribution in [0.25, 0.3) is 0 Å². The molecule has 0 aromatic rings. The molecule has 0 saturated heterocycles. The van der Waals surface area contributed by atoms with Crippen LogP contribution in [0.3, 0.4) is 0 Å². The number of carbonyl (C=O) groups is 3. The van der Waals surface area contributed by atoms with Crippen LogP contribution >= 0.6 is 0 Å². The van der Waals surface area contributed by atoms with E-state index in [1.54, 1.807) is 32.0 Å². The average molecular weight is 388 g/mol. The Hall–Kier alpha value is -2.37. The molecule has 27 heavy (non-hydrogen) atoms. The quantitative estimate of drug-likeness (QED) is 0.364. The Kier molecular flexibility index (Phi) is 10.2. The maximum atomic E-state index is 11.1. The fraction of sp³-hybridized carbons (Fsp3) is 0.688. The number of carboxylic acids is 3. The summed E-state index contributed by atoms with van der Waals surface area (Å²) in [6.45, 7) is 1.87. The van der Waals surface area contributed by atoms with E-state index in [0.717, 1.165) is 0 Å². The molecule has 1 aliphatic rings. The predicted octanol–water partition coefficient (Wildman–Crippen LogP) is -2.07. The maximum absolute atomic E-state index is 11.1. The third kappa shape index (κ3) is 10.4. The largest absolute Gasteiger partial charge is 0.480 e. The number of β-amino-alcohol motifs (C(OH)–C–C–N with tert-alkyl or cyclic N) is 1. The molecule has 154 valence electrons. The maximum Gasteiger partial charge on any atom is 0.323 e.